The summed E-state index contributed by atoms with van der Waals surface area (Å²) in [5, 5.41) is 12.2. The first-order valence-electron chi connectivity index (χ1n) is 26.9. The van der Waals surface area contributed by atoms with Crippen LogP contribution in [0.4, 0.5) is 0 Å². The molecule has 0 aliphatic carbocycles. The SMILES string of the molecule is CCCCCCCCCCCCCCCCCCCCCCOc1ccccc1C(O)(OCCCCCCCCCCCCCCCCCCCCCC)c1ccccc1. The van der Waals surface area contributed by atoms with Gasteiger partial charge in [0.15, 0.2) is 0 Å². The van der Waals surface area contributed by atoms with Gasteiger partial charge in [0.1, 0.15) is 5.75 Å². The summed E-state index contributed by atoms with van der Waals surface area (Å²) in [6.07, 6.45) is 55.1. The molecule has 0 amide bonds. The second-order valence-corrected chi connectivity index (χ2v) is 18.6. The highest BCUT2D eigenvalue weighted by atomic mass is 16.6. The number of hydrogen-bond acceptors (Lipinski definition) is 3. The molecule has 2 rings (SSSR count). The van der Waals surface area contributed by atoms with Crippen molar-refractivity contribution in [2.75, 3.05) is 13.2 Å². The Hall–Kier alpha value is -1.84. The van der Waals surface area contributed by atoms with Crippen LogP contribution >= 0.6 is 0 Å². The third-order valence-electron chi connectivity index (χ3n) is 13.0. The van der Waals surface area contributed by atoms with Crippen LogP contribution in [0.5, 0.6) is 5.75 Å². The number of rotatable bonds is 46. The number of aliphatic hydroxyl groups is 1. The topological polar surface area (TPSA) is 38.7 Å². The van der Waals surface area contributed by atoms with E-state index in [1.807, 2.05) is 54.6 Å². The van der Waals surface area contributed by atoms with Crippen molar-refractivity contribution in [2.24, 2.45) is 0 Å². The Kier molecular flexibility index (Phi) is 37.3. The zero-order valence-corrected chi connectivity index (χ0v) is 40.2. The van der Waals surface area contributed by atoms with E-state index in [1.54, 1.807) is 0 Å². The van der Waals surface area contributed by atoms with Crippen LogP contribution in [0, 0.1) is 0 Å². The van der Waals surface area contributed by atoms with Gasteiger partial charge in [-0.25, -0.2) is 0 Å². The van der Waals surface area contributed by atoms with E-state index < -0.39 is 5.79 Å². The van der Waals surface area contributed by atoms with Crippen molar-refractivity contribution in [3.63, 3.8) is 0 Å². The van der Waals surface area contributed by atoms with Crippen LogP contribution in [0.1, 0.15) is 282 Å². The molecule has 0 spiro atoms. The van der Waals surface area contributed by atoms with Gasteiger partial charge in [0.2, 0.25) is 5.79 Å². The fourth-order valence-electron chi connectivity index (χ4n) is 8.97. The van der Waals surface area contributed by atoms with E-state index in [4.69, 9.17) is 9.47 Å². The Labute approximate surface area is 374 Å². The highest BCUT2D eigenvalue weighted by Crippen LogP contribution is 2.37. The van der Waals surface area contributed by atoms with Crippen molar-refractivity contribution in [1.29, 1.82) is 0 Å². The maximum Gasteiger partial charge on any atom is 0.223 e. The molecule has 3 nitrogen and oxygen atoms in total. The Bertz CT molecular complexity index is 1150. The highest BCUT2D eigenvalue weighted by molar-refractivity contribution is 5.43. The summed E-state index contributed by atoms with van der Waals surface area (Å²) < 4.78 is 12.8. The minimum absolute atomic E-state index is 0.526. The number of hydrogen-bond donors (Lipinski definition) is 1. The average Bonchev–Trinajstić information content (AvgIpc) is 3.27. The quantitative estimate of drug-likeness (QED) is 0.0533. The molecule has 60 heavy (non-hydrogen) atoms. The third kappa shape index (κ3) is 29.5. The zero-order chi connectivity index (χ0) is 42.7. The second kappa shape index (κ2) is 41.2. The molecule has 2 aromatic carbocycles. The van der Waals surface area contributed by atoms with Crippen LogP contribution in [-0.4, -0.2) is 18.3 Å². The molecule has 0 saturated carbocycles. The molecule has 0 bridgehead atoms. The molecule has 0 saturated heterocycles. The molecular formula is C57H100O3. The van der Waals surface area contributed by atoms with Crippen molar-refractivity contribution >= 4 is 0 Å². The number of para-hydroxylation sites is 1. The molecule has 3 heteroatoms. The van der Waals surface area contributed by atoms with Crippen molar-refractivity contribution in [3.05, 3.63) is 65.7 Å². The maximum atomic E-state index is 12.2. The van der Waals surface area contributed by atoms with E-state index in [0.29, 0.717) is 18.8 Å². The minimum Gasteiger partial charge on any atom is -0.493 e. The van der Waals surface area contributed by atoms with Crippen LogP contribution in [0.3, 0.4) is 0 Å². The lowest BCUT2D eigenvalue weighted by molar-refractivity contribution is -0.182. The first-order valence-corrected chi connectivity index (χ1v) is 26.9. The van der Waals surface area contributed by atoms with Crippen LogP contribution in [-0.2, 0) is 10.5 Å². The summed E-state index contributed by atoms with van der Waals surface area (Å²) in [7, 11) is 0. The van der Waals surface area contributed by atoms with E-state index >= 15 is 0 Å². The van der Waals surface area contributed by atoms with Gasteiger partial charge in [0, 0.05) is 5.56 Å². The molecule has 0 aromatic heterocycles. The van der Waals surface area contributed by atoms with Gasteiger partial charge in [-0.15, -0.1) is 0 Å². The van der Waals surface area contributed by atoms with Crippen LogP contribution in [0.15, 0.2) is 54.6 Å². The molecule has 1 N–H and O–H groups in total. The Morgan fingerprint density at radius 1 is 0.333 bits per heavy atom. The molecule has 0 fully saturated rings. The second-order valence-electron chi connectivity index (χ2n) is 18.6. The standard InChI is InChI=1S/C57H100O3/c1-3-5-7-9-11-13-15-17-19-21-23-25-27-29-31-33-35-37-39-46-52-59-56-51-45-44-50-55(56)57(58,54-48-42-41-43-49-54)60-53-47-40-38-36-34-32-30-28-26-24-22-20-18-16-14-12-10-8-6-4-2/h41-45,48-51,58H,3-40,46-47,52-53H2,1-2H3. The molecular weight excluding hydrogens is 733 g/mol. The van der Waals surface area contributed by atoms with Gasteiger partial charge in [-0.3, -0.25) is 0 Å². The number of unbranched alkanes of at least 4 members (excludes halogenated alkanes) is 38. The lowest BCUT2D eigenvalue weighted by Crippen LogP contribution is -2.32. The molecule has 0 radical (unpaired) electrons. The molecule has 0 aliphatic rings. The largest absolute Gasteiger partial charge is 0.493 e. The van der Waals surface area contributed by atoms with Gasteiger partial charge in [-0.1, -0.05) is 300 Å². The van der Waals surface area contributed by atoms with E-state index in [-0.39, 0.29) is 0 Å². The van der Waals surface area contributed by atoms with Gasteiger partial charge in [0.25, 0.3) is 0 Å². The minimum atomic E-state index is -1.53. The summed E-state index contributed by atoms with van der Waals surface area (Å²) in [4.78, 5) is 0. The van der Waals surface area contributed by atoms with Gasteiger partial charge >= 0.3 is 0 Å². The normalized spacial score (nSPS) is 12.6. The number of benzene rings is 2. The molecule has 346 valence electrons. The third-order valence-corrected chi connectivity index (χ3v) is 13.0. The van der Waals surface area contributed by atoms with Crippen molar-refractivity contribution in [3.8, 4) is 5.75 Å². The monoisotopic (exact) mass is 833 g/mol. The zero-order valence-electron chi connectivity index (χ0n) is 40.2. The Morgan fingerprint density at radius 3 is 0.967 bits per heavy atom. The molecule has 0 aliphatic heterocycles. The lowest BCUT2D eigenvalue weighted by Gasteiger charge is -2.31. The van der Waals surface area contributed by atoms with E-state index in [9.17, 15) is 5.11 Å². The van der Waals surface area contributed by atoms with E-state index in [1.165, 1.54) is 238 Å². The van der Waals surface area contributed by atoms with Crippen LogP contribution in [0.2, 0.25) is 0 Å². The summed E-state index contributed by atoms with van der Waals surface area (Å²) >= 11 is 0. The van der Waals surface area contributed by atoms with Crippen molar-refractivity contribution < 1.29 is 14.6 Å². The predicted molar refractivity (Wildman–Crippen MR) is 263 cm³/mol. The molecule has 2 aromatic rings. The fourth-order valence-corrected chi connectivity index (χ4v) is 8.97. The van der Waals surface area contributed by atoms with Gasteiger partial charge in [-0.2, -0.15) is 0 Å². The first kappa shape index (κ1) is 54.3. The lowest BCUT2D eigenvalue weighted by atomic mass is 9.96. The fraction of sp³-hybridized carbons (Fsp3) is 0.789. The predicted octanol–water partition coefficient (Wildman–Crippen LogP) is 18.9. The van der Waals surface area contributed by atoms with Crippen molar-refractivity contribution in [1.82, 2.24) is 0 Å². The van der Waals surface area contributed by atoms with E-state index in [2.05, 4.69) is 13.8 Å². The Balaban J connectivity index is 1.51. The van der Waals surface area contributed by atoms with Crippen LogP contribution < -0.4 is 4.74 Å². The number of ether oxygens (including phenoxy) is 2. The highest BCUT2D eigenvalue weighted by Gasteiger charge is 2.35. The van der Waals surface area contributed by atoms with Gasteiger partial charge in [-0.05, 0) is 25.0 Å². The Morgan fingerprint density at radius 2 is 0.617 bits per heavy atom. The van der Waals surface area contributed by atoms with Gasteiger partial charge < -0.3 is 14.6 Å². The molecule has 1 atom stereocenters. The average molecular weight is 833 g/mol. The summed E-state index contributed by atoms with van der Waals surface area (Å²) in [6, 6.07) is 17.8. The smallest absolute Gasteiger partial charge is 0.223 e. The van der Waals surface area contributed by atoms with Crippen LogP contribution in [0.25, 0.3) is 0 Å². The summed E-state index contributed by atoms with van der Waals surface area (Å²) in [5.74, 6) is -0.802. The van der Waals surface area contributed by atoms with Gasteiger partial charge in [0.05, 0.1) is 18.8 Å². The maximum absolute atomic E-state index is 12.2. The summed E-state index contributed by atoms with van der Waals surface area (Å²) in [6.45, 7) is 5.79. The first-order chi connectivity index (χ1) is 29.7. The van der Waals surface area contributed by atoms with E-state index in [0.717, 1.165) is 30.6 Å². The molecule has 0 heterocycles. The van der Waals surface area contributed by atoms with Crippen molar-refractivity contribution in [2.45, 2.75) is 276 Å². The molecule has 1 unspecified atom stereocenters. The summed E-state index contributed by atoms with van der Waals surface area (Å²) in [5.41, 5.74) is 1.46.